The summed E-state index contributed by atoms with van der Waals surface area (Å²) in [7, 11) is -3.75. The molecular weight excluding hydrogens is 352 g/mol. The number of anilines is 2. The Labute approximate surface area is 153 Å². The van der Waals surface area contributed by atoms with Crippen molar-refractivity contribution in [2.45, 2.75) is 37.5 Å². The number of fused-ring (bicyclic) bond motifs is 1. The van der Waals surface area contributed by atoms with Crippen LogP contribution in [-0.2, 0) is 21.2 Å². The molecule has 0 saturated heterocycles. The largest absolute Gasteiger partial charge is 0.482 e. The maximum absolute atomic E-state index is 12.6. The molecule has 138 valence electrons. The van der Waals surface area contributed by atoms with E-state index >= 15 is 0 Å². The third-order valence-electron chi connectivity index (χ3n) is 4.17. The molecule has 26 heavy (non-hydrogen) atoms. The lowest BCUT2D eigenvalue weighted by Gasteiger charge is -2.18. The van der Waals surface area contributed by atoms with Gasteiger partial charge in [-0.3, -0.25) is 9.52 Å². The van der Waals surface area contributed by atoms with Gasteiger partial charge in [0.1, 0.15) is 5.75 Å². The molecule has 2 aromatic rings. The van der Waals surface area contributed by atoms with Crippen LogP contribution in [0.25, 0.3) is 0 Å². The van der Waals surface area contributed by atoms with Crippen molar-refractivity contribution in [3.8, 4) is 5.75 Å². The van der Waals surface area contributed by atoms with Gasteiger partial charge in [0.05, 0.1) is 10.6 Å². The molecule has 0 bridgehead atoms. The smallest absolute Gasteiger partial charge is 0.262 e. The van der Waals surface area contributed by atoms with E-state index in [0.29, 0.717) is 17.1 Å². The average Bonchev–Trinajstić information content (AvgIpc) is 2.62. The first-order chi connectivity index (χ1) is 12.5. The van der Waals surface area contributed by atoms with Gasteiger partial charge in [-0.1, -0.05) is 31.9 Å². The predicted octanol–water partition coefficient (Wildman–Crippen LogP) is 3.55. The Balaban J connectivity index is 1.72. The molecule has 0 unspecified atom stereocenters. The van der Waals surface area contributed by atoms with E-state index in [1.807, 2.05) is 12.1 Å². The number of sulfonamides is 1. The van der Waals surface area contributed by atoms with Gasteiger partial charge in [-0.2, -0.15) is 0 Å². The van der Waals surface area contributed by atoms with Gasteiger partial charge in [0.15, 0.2) is 6.61 Å². The second-order valence-corrected chi connectivity index (χ2v) is 7.94. The molecule has 1 amide bonds. The summed E-state index contributed by atoms with van der Waals surface area (Å²) in [5.41, 5.74) is 2.05. The molecule has 2 aromatic carbocycles. The van der Waals surface area contributed by atoms with Crippen molar-refractivity contribution in [2.75, 3.05) is 16.6 Å². The summed E-state index contributed by atoms with van der Waals surface area (Å²) in [6.07, 6.45) is 4.48. The summed E-state index contributed by atoms with van der Waals surface area (Å²) < 4.78 is 33.0. The van der Waals surface area contributed by atoms with Gasteiger partial charge in [0.2, 0.25) is 0 Å². The molecule has 0 atom stereocenters. The number of rotatable bonds is 7. The molecule has 1 aliphatic heterocycles. The number of carbonyl (C=O) groups excluding carboxylic acids is 1. The Morgan fingerprint density at radius 1 is 1.12 bits per heavy atom. The van der Waals surface area contributed by atoms with Crippen molar-refractivity contribution in [3.05, 3.63) is 48.0 Å². The normalized spacial score (nSPS) is 13.5. The van der Waals surface area contributed by atoms with Crippen LogP contribution in [0.2, 0.25) is 0 Å². The predicted molar refractivity (Wildman–Crippen MR) is 101 cm³/mol. The highest BCUT2D eigenvalue weighted by Gasteiger charge is 2.21. The van der Waals surface area contributed by atoms with E-state index in [4.69, 9.17) is 4.74 Å². The van der Waals surface area contributed by atoms with Gasteiger partial charge >= 0.3 is 0 Å². The second kappa shape index (κ2) is 7.78. The first-order valence-corrected chi connectivity index (χ1v) is 10.1. The van der Waals surface area contributed by atoms with Crippen LogP contribution in [0.4, 0.5) is 11.4 Å². The zero-order valence-corrected chi connectivity index (χ0v) is 15.4. The molecular formula is C19H22N2O4S. The van der Waals surface area contributed by atoms with Crippen LogP contribution in [0.15, 0.2) is 47.4 Å². The van der Waals surface area contributed by atoms with Crippen LogP contribution < -0.4 is 14.8 Å². The first kappa shape index (κ1) is 18.3. The fraction of sp³-hybridized carbons (Fsp3) is 0.316. The van der Waals surface area contributed by atoms with Crippen molar-refractivity contribution in [1.29, 1.82) is 0 Å². The van der Waals surface area contributed by atoms with Gasteiger partial charge in [-0.25, -0.2) is 8.42 Å². The Morgan fingerprint density at radius 2 is 1.88 bits per heavy atom. The number of aryl methyl sites for hydroxylation is 1. The van der Waals surface area contributed by atoms with Crippen molar-refractivity contribution in [3.63, 3.8) is 0 Å². The monoisotopic (exact) mass is 374 g/mol. The van der Waals surface area contributed by atoms with Crippen molar-refractivity contribution < 1.29 is 17.9 Å². The van der Waals surface area contributed by atoms with Crippen LogP contribution in [0.3, 0.4) is 0 Å². The third-order valence-corrected chi connectivity index (χ3v) is 5.55. The van der Waals surface area contributed by atoms with Gasteiger partial charge in [0.25, 0.3) is 15.9 Å². The quantitative estimate of drug-likeness (QED) is 0.726. The second-order valence-electron chi connectivity index (χ2n) is 6.25. The van der Waals surface area contributed by atoms with E-state index in [9.17, 15) is 13.2 Å². The van der Waals surface area contributed by atoms with E-state index in [0.717, 1.165) is 12.8 Å². The Morgan fingerprint density at radius 3 is 2.62 bits per heavy atom. The lowest BCUT2D eigenvalue weighted by molar-refractivity contribution is -0.118. The maximum Gasteiger partial charge on any atom is 0.262 e. The minimum absolute atomic E-state index is 0.0640. The lowest BCUT2D eigenvalue weighted by Crippen LogP contribution is -2.25. The van der Waals surface area contributed by atoms with Crippen LogP contribution in [0.5, 0.6) is 5.75 Å². The number of carbonyl (C=O) groups is 1. The molecule has 7 heteroatoms. The number of nitrogens with one attached hydrogen (secondary N) is 2. The fourth-order valence-corrected chi connectivity index (χ4v) is 3.85. The molecule has 0 saturated carbocycles. The van der Waals surface area contributed by atoms with Crippen molar-refractivity contribution in [2.24, 2.45) is 0 Å². The fourth-order valence-electron chi connectivity index (χ4n) is 2.76. The van der Waals surface area contributed by atoms with Gasteiger partial charge in [-0.15, -0.1) is 0 Å². The number of hydrogen-bond donors (Lipinski definition) is 2. The van der Waals surface area contributed by atoms with Crippen LogP contribution in [0, 0.1) is 0 Å². The number of ether oxygens (including phenoxy) is 1. The molecule has 0 aliphatic carbocycles. The molecule has 2 N–H and O–H groups in total. The molecule has 0 radical (unpaired) electrons. The number of hydrogen-bond acceptors (Lipinski definition) is 4. The summed E-state index contributed by atoms with van der Waals surface area (Å²) >= 11 is 0. The summed E-state index contributed by atoms with van der Waals surface area (Å²) in [5.74, 6) is 0.152. The zero-order chi connectivity index (χ0) is 18.6. The highest BCUT2D eigenvalue weighted by Crippen LogP contribution is 2.30. The van der Waals surface area contributed by atoms with E-state index < -0.39 is 10.0 Å². The van der Waals surface area contributed by atoms with E-state index in [1.54, 1.807) is 18.2 Å². The van der Waals surface area contributed by atoms with Gasteiger partial charge in [-0.05, 0) is 48.7 Å². The Bertz CT molecular complexity index is 892. The number of amides is 1. The van der Waals surface area contributed by atoms with Gasteiger partial charge < -0.3 is 10.1 Å². The third kappa shape index (κ3) is 4.35. The van der Waals surface area contributed by atoms with Crippen LogP contribution >= 0.6 is 0 Å². The lowest BCUT2D eigenvalue weighted by atomic mass is 10.1. The molecule has 3 rings (SSSR count). The van der Waals surface area contributed by atoms with Crippen LogP contribution in [-0.4, -0.2) is 20.9 Å². The minimum Gasteiger partial charge on any atom is -0.482 e. The van der Waals surface area contributed by atoms with Gasteiger partial charge in [0, 0.05) is 5.69 Å². The van der Waals surface area contributed by atoms with E-state index in [1.165, 1.54) is 30.5 Å². The molecule has 1 heterocycles. The highest BCUT2D eigenvalue weighted by atomic mass is 32.2. The summed E-state index contributed by atoms with van der Waals surface area (Å²) in [4.78, 5) is 11.5. The minimum atomic E-state index is -3.75. The van der Waals surface area contributed by atoms with Crippen molar-refractivity contribution in [1.82, 2.24) is 0 Å². The van der Waals surface area contributed by atoms with Crippen LogP contribution in [0.1, 0.15) is 31.7 Å². The Kier molecular flexibility index (Phi) is 5.46. The number of benzene rings is 2. The van der Waals surface area contributed by atoms with Crippen molar-refractivity contribution >= 4 is 27.3 Å². The molecule has 0 spiro atoms. The van der Waals surface area contributed by atoms with E-state index in [2.05, 4.69) is 17.0 Å². The number of unbranched alkanes of at least 4 members (excludes halogenated alkanes) is 2. The maximum atomic E-state index is 12.6. The topological polar surface area (TPSA) is 84.5 Å². The highest BCUT2D eigenvalue weighted by molar-refractivity contribution is 7.92. The summed E-state index contributed by atoms with van der Waals surface area (Å²) in [6.45, 7) is 2.10. The first-order valence-electron chi connectivity index (χ1n) is 8.66. The SMILES string of the molecule is CCCCCc1ccc(NS(=O)(=O)c2ccc3c(c2)NC(=O)CO3)cc1. The zero-order valence-electron chi connectivity index (χ0n) is 14.6. The summed E-state index contributed by atoms with van der Waals surface area (Å²) in [5, 5.41) is 2.61. The molecule has 6 nitrogen and oxygen atoms in total. The molecule has 0 aromatic heterocycles. The standard InChI is InChI=1S/C19H22N2O4S/c1-2-3-4-5-14-6-8-15(9-7-14)21-26(23,24)16-10-11-18-17(12-16)20-19(22)13-25-18/h6-12,21H,2-5,13H2,1H3,(H,20,22). The average molecular weight is 374 g/mol. The van der Waals surface area contributed by atoms with E-state index in [-0.39, 0.29) is 17.4 Å². The Hall–Kier alpha value is -2.54. The molecule has 1 aliphatic rings. The molecule has 0 fully saturated rings. The summed E-state index contributed by atoms with van der Waals surface area (Å²) in [6, 6.07) is 11.8.